The van der Waals surface area contributed by atoms with Crippen LogP contribution in [0.15, 0.2) is 29.6 Å². The van der Waals surface area contributed by atoms with Crippen molar-refractivity contribution in [2.75, 3.05) is 20.3 Å². The largest absolute Gasteiger partial charge is 0.384 e. The maximum absolute atomic E-state index is 12.3. The first kappa shape index (κ1) is 15.8. The second kappa shape index (κ2) is 6.60. The van der Waals surface area contributed by atoms with Gasteiger partial charge in [0.1, 0.15) is 0 Å². The quantitative estimate of drug-likeness (QED) is 0.764. The summed E-state index contributed by atoms with van der Waals surface area (Å²) in [7, 11) is 1.67. The third kappa shape index (κ3) is 3.04. The van der Waals surface area contributed by atoms with E-state index in [1.54, 1.807) is 42.7 Å². The number of thiazole rings is 1. The zero-order chi connectivity index (χ0) is 16.4. The van der Waals surface area contributed by atoms with Crippen LogP contribution < -0.4 is 0 Å². The van der Waals surface area contributed by atoms with Gasteiger partial charge in [0.15, 0.2) is 0 Å². The number of benzene rings is 1. The summed E-state index contributed by atoms with van der Waals surface area (Å²) in [5.74, 6) is -0.180. The van der Waals surface area contributed by atoms with E-state index in [2.05, 4.69) is 11.9 Å². The molecule has 1 aromatic heterocycles. The van der Waals surface area contributed by atoms with Crippen molar-refractivity contribution < 1.29 is 14.3 Å². The van der Waals surface area contributed by atoms with Gasteiger partial charge in [-0.2, -0.15) is 0 Å². The average Bonchev–Trinajstić information content (AvgIpc) is 3.12. The van der Waals surface area contributed by atoms with Gasteiger partial charge in [-0.15, -0.1) is 11.3 Å². The molecular formula is C17H18N2O3S. The van der Waals surface area contributed by atoms with E-state index in [9.17, 15) is 9.59 Å². The molecule has 1 aromatic carbocycles. The van der Waals surface area contributed by atoms with Crippen molar-refractivity contribution in [2.45, 2.75) is 19.3 Å². The summed E-state index contributed by atoms with van der Waals surface area (Å²) in [6.07, 6.45) is 0.571. The van der Waals surface area contributed by atoms with E-state index >= 15 is 0 Å². The van der Waals surface area contributed by atoms with Crippen LogP contribution in [0.25, 0.3) is 0 Å². The molecule has 0 fully saturated rings. The lowest BCUT2D eigenvalue weighted by Gasteiger charge is -2.12. The zero-order valence-electron chi connectivity index (χ0n) is 13.1. The number of hydrogen-bond donors (Lipinski definition) is 0. The Bertz CT molecular complexity index is 706. The minimum absolute atomic E-state index is 0.214. The summed E-state index contributed by atoms with van der Waals surface area (Å²) < 4.78 is 5.14. The summed E-state index contributed by atoms with van der Waals surface area (Å²) in [6, 6.07) is 6.95. The maximum Gasteiger partial charge on any atom is 0.261 e. The van der Waals surface area contributed by atoms with E-state index in [0.29, 0.717) is 30.7 Å². The number of rotatable bonds is 6. The maximum atomic E-state index is 12.3. The minimum Gasteiger partial charge on any atom is -0.384 e. The molecule has 6 heteroatoms. The van der Waals surface area contributed by atoms with Crippen molar-refractivity contribution in [3.63, 3.8) is 0 Å². The molecule has 1 atom stereocenters. The van der Waals surface area contributed by atoms with Gasteiger partial charge in [-0.05, 0) is 12.1 Å². The summed E-state index contributed by atoms with van der Waals surface area (Å²) in [5, 5.41) is 3.00. The fourth-order valence-corrected chi connectivity index (χ4v) is 3.55. The molecule has 0 spiro atoms. The first-order chi connectivity index (χ1) is 11.1. The average molecular weight is 330 g/mol. The lowest BCUT2D eigenvalue weighted by molar-refractivity contribution is 0.0656. The lowest BCUT2D eigenvalue weighted by atomic mass is 10.1. The Balaban J connectivity index is 1.66. The van der Waals surface area contributed by atoms with Crippen LogP contribution >= 0.6 is 11.3 Å². The van der Waals surface area contributed by atoms with Crippen molar-refractivity contribution in [1.29, 1.82) is 0 Å². The molecule has 0 saturated carbocycles. The smallest absolute Gasteiger partial charge is 0.261 e. The normalized spacial score (nSPS) is 15.1. The number of nitrogens with zero attached hydrogens (tertiary/aromatic N) is 2. The highest BCUT2D eigenvalue weighted by Gasteiger charge is 2.34. The minimum atomic E-state index is -0.214. The van der Waals surface area contributed by atoms with Crippen molar-refractivity contribution in [3.8, 4) is 0 Å². The van der Waals surface area contributed by atoms with Crippen LogP contribution in [0.1, 0.15) is 44.3 Å². The van der Waals surface area contributed by atoms with E-state index in [-0.39, 0.29) is 17.7 Å². The van der Waals surface area contributed by atoms with Crippen molar-refractivity contribution in [3.05, 3.63) is 51.5 Å². The molecule has 2 aromatic rings. The summed E-state index contributed by atoms with van der Waals surface area (Å²) in [5.41, 5.74) is 1.89. The Morgan fingerprint density at radius 1 is 1.22 bits per heavy atom. The molecule has 1 aliphatic heterocycles. The van der Waals surface area contributed by atoms with E-state index in [4.69, 9.17) is 4.74 Å². The monoisotopic (exact) mass is 330 g/mol. The fraction of sp³-hybridized carbons (Fsp3) is 0.353. The molecule has 5 nitrogen and oxygen atoms in total. The zero-order valence-corrected chi connectivity index (χ0v) is 13.9. The van der Waals surface area contributed by atoms with Crippen LogP contribution in [0.3, 0.4) is 0 Å². The topological polar surface area (TPSA) is 59.5 Å². The van der Waals surface area contributed by atoms with E-state index in [1.165, 1.54) is 4.90 Å². The number of imide groups is 1. The highest BCUT2D eigenvalue weighted by Crippen LogP contribution is 2.24. The van der Waals surface area contributed by atoms with Crippen LogP contribution in [0.4, 0.5) is 0 Å². The number of methoxy groups -OCH3 is 1. The van der Waals surface area contributed by atoms with Crippen molar-refractivity contribution in [2.24, 2.45) is 0 Å². The van der Waals surface area contributed by atoms with E-state index in [0.717, 1.165) is 10.7 Å². The van der Waals surface area contributed by atoms with Gasteiger partial charge in [-0.25, -0.2) is 4.98 Å². The highest BCUT2D eigenvalue weighted by atomic mass is 32.1. The molecule has 0 radical (unpaired) electrons. The number of carbonyl (C=O) groups excluding carboxylic acids is 2. The SMILES string of the molecule is COC[C@@H](C)c1nc(CCN2C(=O)c3ccccc3C2=O)cs1. The Kier molecular flexibility index (Phi) is 4.54. The number of fused-ring (bicyclic) bond motifs is 1. The van der Waals surface area contributed by atoms with Crippen LogP contribution in [-0.2, 0) is 11.2 Å². The molecule has 2 heterocycles. The third-order valence-electron chi connectivity index (χ3n) is 3.88. The Morgan fingerprint density at radius 2 is 1.87 bits per heavy atom. The molecule has 1 aliphatic rings. The van der Waals surface area contributed by atoms with Gasteiger partial charge in [0.2, 0.25) is 0 Å². The predicted octanol–water partition coefficient (Wildman–Crippen LogP) is 2.73. The summed E-state index contributed by atoms with van der Waals surface area (Å²) in [4.78, 5) is 30.5. The van der Waals surface area contributed by atoms with Crippen LogP contribution in [0.2, 0.25) is 0 Å². The molecule has 0 N–H and O–H groups in total. The van der Waals surface area contributed by atoms with Gasteiger partial charge in [0.25, 0.3) is 11.8 Å². The second-order valence-corrected chi connectivity index (χ2v) is 6.48. The highest BCUT2D eigenvalue weighted by molar-refractivity contribution is 7.09. The molecular weight excluding hydrogens is 312 g/mol. The standard InChI is InChI=1S/C17H18N2O3S/c1-11(9-22-2)15-18-12(10-23-15)7-8-19-16(20)13-5-3-4-6-14(13)17(19)21/h3-6,10-11H,7-9H2,1-2H3/t11-/m1/s1. The number of aromatic nitrogens is 1. The molecule has 0 bridgehead atoms. The molecule has 23 heavy (non-hydrogen) atoms. The first-order valence-electron chi connectivity index (χ1n) is 7.50. The molecule has 0 saturated heterocycles. The number of ether oxygens (including phenoxy) is 1. The van der Waals surface area contributed by atoms with Crippen molar-refractivity contribution in [1.82, 2.24) is 9.88 Å². The predicted molar refractivity (Wildman–Crippen MR) is 87.9 cm³/mol. The molecule has 120 valence electrons. The number of hydrogen-bond acceptors (Lipinski definition) is 5. The van der Waals surface area contributed by atoms with Crippen molar-refractivity contribution >= 4 is 23.2 Å². The Hall–Kier alpha value is -2.05. The van der Waals surface area contributed by atoms with Gasteiger partial charge >= 0.3 is 0 Å². The van der Waals surface area contributed by atoms with Gasteiger partial charge in [0, 0.05) is 31.4 Å². The first-order valence-corrected chi connectivity index (χ1v) is 8.38. The van der Waals surface area contributed by atoms with Gasteiger partial charge in [-0.1, -0.05) is 19.1 Å². The van der Waals surface area contributed by atoms with Crippen LogP contribution in [-0.4, -0.2) is 42.0 Å². The molecule has 2 amide bonds. The van der Waals surface area contributed by atoms with E-state index < -0.39 is 0 Å². The van der Waals surface area contributed by atoms with Crippen LogP contribution in [0.5, 0.6) is 0 Å². The number of carbonyl (C=O) groups is 2. The number of amides is 2. The summed E-state index contributed by atoms with van der Waals surface area (Å²) in [6.45, 7) is 3.05. The third-order valence-corrected chi connectivity index (χ3v) is 5.00. The van der Waals surface area contributed by atoms with Gasteiger partial charge in [0.05, 0.1) is 28.4 Å². The van der Waals surface area contributed by atoms with Gasteiger partial charge < -0.3 is 4.74 Å². The second-order valence-electron chi connectivity index (χ2n) is 5.59. The van der Waals surface area contributed by atoms with Gasteiger partial charge in [-0.3, -0.25) is 14.5 Å². The van der Waals surface area contributed by atoms with Crippen LogP contribution in [0, 0.1) is 0 Å². The Morgan fingerprint density at radius 3 is 2.48 bits per heavy atom. The molecule has 0 aliphatic carbocycles. The molecule has 0 unspecified atom stereocenters. The van der Waals surface area contributed by atoms with E-state index in [1.807, 2.05) is 5.38 Å². The molecule has 3 rings (SSSR count). The fourth-order valence-electron chi connectivity index (χ4n) is 2.65. The summed E-state index contributed by atoms with van der Waals surface area (Å²) >= 11 is 1.59. The lowest BCUT2D eigenvalue weighted by Crippen LogP contribution is -2.31. The Labute approximate surface area is 138 Å².